The van der Waals surface area contributed by atoms with Crippen molar-refractivity contribution in [3.63, 3.8) is 0 Å². The molecule has 0 saturated heterocycles. The van der Waals surface area contributed by atoms with Crippen molar-refractivity contribution in [1.82, 2.24) is 5.32 Å². The number of nitrogens with one attached hydrogen (secondary N) is 1. The van der Waals surface area contributed by atoms with Crippen molar-refractivity contribution in [3.05, 3.63) is 35.4 Å². The van der Waals surface area contributed by atoms with Crippen LogP contribution in [0.2, 0.25) is 0 Å². The largest absolute Gasteiger partial charge is 0.450 e. The molecular formula is C17H23F2NO2. The fraction of sp³-hybridized carbons (Fsp3) is 0.588. The molecule has 22 heavy (non-hydrogen) atoms. The average Bonchev–Trinajstić information content (AvgIpc) is 2.99. The van der Waals surface area contributed by atoms with Crippen LogP contribution in [0.25, 0.3) is 0 Å². The standard InChI is InChI=1S/C17H23F2NO2/c1-4-5-8-22-15(21)20-11-17(10-16(17,2)3)13-7-6-12(18)9-14(13)19/h6-7,9H,4-5,8,10-11H2,1-3H3,(H,20,21). The minimum absolute atomic E-state index is 0.150. The molecule has 1 atom stereocenters. The van der Waals surface area contributed by atoms with Crippen LogP contribution < -0.4 is 5.32 Å². The molecule has 0 bridgehead atoms. The van der Waals surface area contributed by atoms with E-state index in [1.165, 1.54) is 12.1 Å². The third-order valence-corrected chi connectivity index (χ3v) is 4.63. The molecule has 1 N–H and O–H groups in total. The highest BCUT2D eigenvalue weighted by molar-refractivity contribution is 5.67. The Kier molecular flexibility index (Phi) is 4.73. The van der Waals surface area contributed by atoms with E-state index in [0.717, 1.165) is 25.3 Å². The number of carbonyl (C=O) groups excluding carboxylic acids is 1. The van der Waals surface area contributed by atoms with Gasteiger partial charge in [0, 0.05) is 18.0 Å². The highest BCUT2D eigenvalue weighted by Gasteiger charge is 2.62. The molecule has 0 aromatic heterocycles. The maximum absolute atomic E-state index is 14.1. The molecule has 5 heteroatoms. The Morgan fingerprint density at radius 3 is 2.59 bits per heavy atom. The second-order valence-corrected chi connectivity index (χ2v) is 6.61. The molecule has 1 saturated carbocycles. The van der Waals surface area contributed by atoms with Gasteiger partial charge in [-0.25, -0.2) is 13.6 Å². The minimum Gasteiger partial charge on any atom is -0.450 e. The van der Waals surface area contributed by atoms with E-state index in [9.17, 15) is 13.6 Å². The Morgan fingerprint density at radius 2 is 2.05 bits per heavy atom. The van der Waals surface area contributed by atoms with Crippen molar-refractivity contribution in [2.45, 2.75) is 45.4 Å². The SMILES string of the molecule is CCCCOC(=O)NCC1(c2ccc(F)cc2F)CC1(C)C. The van der Waals surface area contributed by atoms with E-state index in [0.29, 0.717) is 12.2 Å². The summed E-state index contributed by atoms with van der Waals surface area (Å²) in [6.07, 6.45) is 2.01. The lowest BCUT2D eigenvalue weighted by atomic mass is 9.87. The van der Waals surface area contributed by atoms with E-state index in [4.69, 9.17) is 4.74 Å². The van der Waals surface area contributed by atoms with Crippen LogP contribution in [0.3, 0.4) is 0 Å². The van der Waals surface area contributed by atoms with Gasteiger partial charge in [0.2, 0.25) is 0 Å². The summed E-state index contributed by atoms with van der Waals surface area (Å²) in [5.74, 6) is -1.16. The second kappa shape index (κ2) is 6.23. The number of hydrogen-bond acceptors (Lipinski definition) is 2. The van der Waals surface area contributed by atoms with Gasteiger partial charge in [0.05, 0.1) is 6.61 Å². The molecule has 0 heterocycles. The van der Waals surface area contributed by atoms with E-state index in [1.54, 1.807) is 0 Å². The number of halogens is 2. The quantitative estimate of drug-likeness (QED) is 0.801. The Balaban J connectivity index is 2.06. The number of hydrogen-bond donors (Lipinski definition) is 1. The van der Waals surface area contributed by atoms with Crippen molar-refractivity contribution in [1.29, 1.82) is 0 Å². The zero-order valence-corrected chi connectivity index (χ0v) is 13.3. The van der Waals surface area contributed by atoms with Crippen LogP contribution in [-0.2, 0) is 10.2 Å². The van der Waals surface area contributed by atoms with Crippen LogP contribution >= 0.6 is 0 Å². The first-order valence-electron chi connectivity index (χ1n) is 7.68. The molecule has 2 rings (SSSR count). The van der Waals surface area contributed by atoms with Gasteiger partial charge in [-0.2, -0.15) is 0 Å². The number of amides is 1. The topological polar surface area (TPSA) is 38.3 Å². The Labute approximate surface area is 130 Å². The number of rotatable bonds is 6. The zero-order valence-electron chi connectivity index (χ0n) is 13.3. The van der Waals surface area contributed by atoms with Crippen molar-refractivity contribution in [2.75, 3.05) is 13.2 Å². The fourth-order valence-corrected chi connectivity index (χ4v) is 3.03. The van der Waals surface area contributed by atoms with Gasteiger partial charge in [0.1, 0.15) is 11.6 Å². The molecule has 1 aromatic rings. The van der Waals surface area contributed by atoms with Crippen molar-refractivity contribution in [3.8, 4) is 0 Å². The number of alkyl carbamates (subject to hydrolysis) is 1. The lowest BCUT2D eigenvalue weighted by Crippen LogP contribution is -2.35. The van der Waals surface area contributed by atoms with Gasteiger partial charge >= 0.3 is 6.09 Å². The Bertz CT molecular complexity index is 560. The average molecular weight is 311 g/mol. The van der Waals surface area contributed by atoms with Crippen LogP contribution in [0, 0.1) is 17.0 Å². The summed E-state index contributed by atoms with van der Waals surface area (Å²) in [6.45, 7) is 6.71. The third-order valence-electron chi connectivity index (χ3n) is 4.63. The van der Waals surface area contributed by atoms with Crippen LogP contribution in [0.15, 0.2) is 18.2 Å². The predicted octanol–water partition coefficient (Wildman–Crippen LogP) is 4.16. The molecule has 1 aromatic carbocycles. The minimum atomic E-state index is -0.596. The zero-order chi connectivity index (χ0) is 16.4. The number of carbonyl (C=O) groups is 1. The maximum Gasteiger partial charge on any atom is 0.407 e. The summed E-state index contributed by atoms with van der Waals surface area (Å²) >= 11 is 0. The Morgan fingerprint density at radius 1 is 1.36 bits per heavy atom. The first-order valence-corrected chi connectivity index (χ1v) is 7.68. The molecule has 0 radical (unpaired) electrons. The lowest BCUT2D eigenvalue weighted by molar-refractivity contribution is 0.143. The molecule has 1 aliphatic rings. The molecular weight excluding hydrogens is 288 g/mol. The van der Waals surface area contributed by atoms with Gasteiger partial charge < -0.3 is 10.1 Å². The summed E-state index contributed by atoms with van der Waals surface area (Å²) in [6, 6.07) is 3.63. The van der Waals surface area contributed by atoms with Crippen molar-refractivity contribution >= 4 is 6.09 Å². The molecule has 122 valence electrons. The number of unbranched alkanes of at least 4 members (excludes halogenated alkanes) is 1. The molecule has 0 aliphatic heterocycles. The predicted molar refractivity (Wildman–Crippen MR) is 80.7 cm³/mol. The molecule has 3 nitrogen and oxygen atoms in total. The first-order chi connectivity index (χ1) is 10.3. The first kappa shape index (κ1) is 16.7. The van der Waals surface area contributed by atoms with Gasteiger partial charge in [-0.3, -0.25) is 0 Å². The summed E-state index contributed by atoms with van der Waals surface area (Å²) in [5, 5.41) is 2.72. The Hall–Kier alpha value is -1.65. The van der Waals surface area contributed by atoms with Gasteiger partial charge in [-0.1, -0.05) is 33.3 Å². The monoisotopic (exact) mass is 311 g/mol. The van der Waals surface area contributed by atoms with E-state index in [2.05, 4.69) is 5.32 Å². The van der Waals surface area contributed by atoms with Crippen LogP contribution in [0.5, 0.6) is 0 Å². The van der Waals surface area contributed by atoms with Crippen molar-refractivity contribution in [2.24, 2.45) is 5.41 Å². The van der Waals surface area contributed by atoms with E-state index >= 15 is 0 Å². The van der Waals surface area contributed by atoms with Crippen LogP contribution in [0.4, 0.5) is 13.6 Å². The van der Waals surface area contributed by atoms with Gasteiger partial charge in [-0.05, 0) is 29.9 Å². The molecule has 1 aliphatic carbocycles. The molecule has 1 unspecified atom stereocenters. The molecule has 0 spiro atoms. The van der Waals surface area contributed by atoms with E-state index in [-0.39, 0.29) is 12.0 Å². The highest BCUT2D eigenvalue weighted by Crippen LogP contribution is 2.64. The van der Waals surface area contributed by atoms with E-state index < -0.39 is 23.1 Å². The van der Waals surface area contributed by atoms with Gasteiger partial charge in [-0.15, -0.1) is 0 Å². The summed E-state index contributed by atoms with van der Waals surface area (Å²) in [4.78, 5) is 11.7. The van der Waals surface area contributed by atoms with Gasteiger partial charge in [0.25, 0.3) is 0 Å². The normalized spacial score (nSPS) is 22.2. The summed E-state index contributed by atoms with van der Waals surface area (Å²) < 4.78 is 32.3. The molecule has 1 amide bonds. The fourth-order valence-electron chi connectivity index (χ4n) is 3.03. The van der Waals surface area contributed by atoms with Crippen molar-refractivity contribution < 1.29 is 18.3 Å². The number of ether oxygens (including phenoxy) is 1. The van der Waals surface area contributed by atoms with Crippen LogP contribution in [0.1, 0.15) is 45.6 Å². The van der Waals surface area contributed by atoms with Crippen LogP contribution in [-0.4, -0.2) is 19.2 Å². The second-order valence-electron chi connectivity index (χ2n) is 6.61. The number of benzene rings is 1. The highest BCUT2D eigenvalue weighted by atomic mass is 19.1. The maximum atomic E-state index is 14.1. The smallest absolute Gasteiger partial charge is 0.407 e. The lowest BCUT2D eigenvalue weighted by Gasteiger charge is -2.22. The summed E-state index contributed by atoms with van der Waals surface area (Å²) in [5.41, 5.74) is -0.204. The summed E-state index contributed by atoms with van der Waals surface area (Å²) in [7, 11) is 0. The molecule has 1 fully saturated rings. The third kappa shape index (κ3) is 3.23. The van der Waals surface area contributed by atoms with Gasteiger partial charge in [0.15, 0.2) is 0 Å². The van der Waals surface area contributed by atoms with E-state index in [1.807, 2.05) is 20.8 Å².